The maximum atomic E-state index is 12.4. The van der Waals surface area contributed by atoms with E-state index in [0.29, 0.717) is 31.2 Å². The van der Waals surface area contributed by atoms with Crippen molar-refractivity contribution < 1.29 is 4.74 Å². The number of nitrogen functional groups attached to an aromatic ring is 1. The highest BCUT2D eigenvalue weighted by molar-refractivity contribution is 5.98. The van der Waals surface area contributed by atoms with Gasteiger partial charge in [-0.25, -0.2) is 4.98 Å². The Bertz CT molecular complexity index is 779. The molecule has 0 bridgehead atoms. The van der Waals surface area contributed by atoms with E-state index in [1.165, 1.54) is 6.07 Å². The second kappa shape index (κ2) is 7.37. The molecule has 0 radical (unpaired) electrons. The van der Waals surface area contributed by atoms with Crippen molar-refractivity contribution in [2.45, 2.75) is 13.5 Å². The van der Waals surface area contributed by atoms with Gasteiger partial charge < -0.3 is 10.5 Å². The molecule has 126 valence electrons. The zero-order chi connectivity index (χ0) is 16.9. The van der Waals surface area contributed by atoms with E-state index in [1.807, 2.05) is 37.3 Å². The second-order valence-corrected chi connectivity index (χ2v) is 5.70. The van der Waals surface area contributed by atoms with Gasteiger partial charge in [-0.1, -0.05) is 30.3 Å². The van der Waals surface area contributed by atoms with Crippen molar-refractivity contribution in [3.05, 3.63) is 58.0 Å². The average molecular weight is 327 g/mol. The third-order valence-corrected chi connectivity index (χ3v) is 3.90. The maximum Gasteiger partial charge on any atom is 0.275 e. The molecule has 1 aromatic carbocycles. The predicted molar refractivity (Wildman–Crippen MR) is 93.1 cm³/mol. The minimum Gasteiger partial charge on any atom is -0.379 e. The number of hydrogen-bond acceptors (Lipinski definition) is 6. The summed E-state index contributed by atoms with van der Waals surface area (Å²) in [7, 11) is 0. The van der Waals surface area contributed by atoms with E-state index in [0.717, 1.165) is 23.3 Å². The molecule has 7 nitrogen and oxygen atoms in total. The Balaban J connectivity index is 1.83. The highest BCUT2D eigenvalue weighted by Gasteiger charge is 2.13. The van der Waals surface area contributed by atoms with Gasteiger partial charge in [-0.3, -0.25) is 9.69 Å². The van der Waals surface area contributed by atoms with Crippen molar-refractivity contribution in [1.29, 1.82) is 0 Å². The molecule has 0 saturated carbocycles. The van der Waals surface area contributed by atoms with E-state index in [2.05, 4.69) is 15.0 Å². The van der Waals surface area contributed by atoms with Crippen LogP contribution in [-0.4, -0.2) is 46.6 Å². The molecule has 0 atom stereocenters. The van der Waals surface area contributed by atoms with Gasteiger partial charge in [-0.05, 0) is 12.5 Å². The molecule has 1 fully saturated rings. The molecule has 0 unspecified atom stereocenters. The van der Waals surface area contributed by atoms with E-state index < -0.39 is 0 Å². The van der Waals surface area contributed by atoms with Gasteiger partial charge in [0.25, 0.3) is 5.56 Å². The van der Waals surface area contributed by atoms with Crippen LogP contribution in [0.1, 0.15) is 18.2 Å². The first-order valence-corrected chi connectivity index (χ1v) is 7.93. The molecule has 7 heteroatoms. The lowest BCUT2D eigenvalue weighted by atomic mass is 10.1. The normalized spacial score (nSPS) is 16.3. The Morgan fingerprint density at radius 1 is 1.29 bits per heavy atom. The predicted octanol–water partition coefficient (Wildman–Crippen LogP) is 0.930. The molecule has 1 aliphatic heterocycles. The van der Waals surface area contributed by atoms with Gasteiger partial charge in [0.1, 0.15) is 0 Å². The fourth-order valence-corrected chi connectivity index (χ4v) is 2.60. The van der Waals surface area contributed by atoms with E-state index in [-0.39, 0.29) is 11.5 Å². The highest BCUT2D eigenvalue weighted by atomic mass is 16.5. The van der Waals surface area contributed by atoms with Crippen molar-refractivity contribution >= 4 is 11.7 Å². The molecule has 1 aromatic heterocycles. The smallest absolute Gasteiger partial charge is 0.275 e. The van der Waals surface area contributed by atoms with Crippen molar-refractivity contribution in [1.82, 2.24) is 14.6 Å². The summed E-state index contributed by atoms with van der Waals surface area (Å²) in [5, 5.41) is 4.32. The zero-order valence-electron chi connectivity index (χ0n) is 13.7. The van der Waals surface area contributed by atoms with Crippen LogP contribution in [0.5, 0.6) is 0 Å². The summed E-state index contributed by atoms with van der Waals surface area (Å²) in [6, 6.07) is 11.1. The van der Waals surface area contributed by atoms with Crippen molar-refractivity contribution in [3.8, 4) is 0 Å². The molecular weight excluding hydrogens is 306 g/mol. The van der Waals surface area contributed by atoms with E-state index in [9.17, 15) is 4.79 Å². The number of hydrogen-bond donors (Lipinski definition) is 1. The first-order chi connectivity index (χ1) is 11.6. The summed E-state index contributed by atoms with van der Waals surface area (Å²) in [5.74, 6) is 0.0982. The third-order valence-electron chi connectivity index (χ3n) is 3.90. The number of rotatable bonds is 4. The lowest BCUT2D eigenvalue weighted by Crippen LogP contribution is -2.36. The molecule has 2 aromatic rings. The van der Waals surface area contributed by atoms with Gasteiger partial charge in [0, 0.05) is 25.7 Å². The minimum atomic E-state index is -0.277. The number of morpholine rings is 1. The summed E-state index contributed by atoms with van der Waals surface area (Å²) < 4.78 is 6.46. The Kier molecular flexibility index (Phi) is 5.02. The Hall–Kier alpha value is -2.51. The van der Waals surface area contributed by atoms with Crippen LogP contribution in [0.3, 0.4) is 0 Å². The summed E-state index contributed by atoms with van der Waals surface area (Å²) in [5.41, 5.74) is 7.97. The molecule has 0 amide bonds. The molecule has 3 rings (SSSR count). The van der Waals surface area contributed by atoms with Crippen LogP contribution in [0.4, 0.5) is 5.95 Å². The second-order valence-electron chi connectivity index (χ2n) is 5.70. The van der Waals surface area contributed by atoms with Crippen LogP contribution < -0.4 is 11.3 Å². The standard InChI is InChI=1S/C17H21N5O2/c1-13(14-5-3-2-4-6-14)20-22-16(23)11-15(19-17(22)18)12-21-7-9-24-10-8-21/h2-6,11H,7-10,12H2,1H3,(H2,18,19)/b20-13+. The summed E-state index contributed by atoms with van der Waals surface area (Å²) in [6.45, 7) is 5.49. The molecule has 1 saturated heterocycles. The number of ether oxygens (including phenoxy) is 1. The first kappa shape index (κ1) is 16.4. The molecule has 0 aliphatic carbocycles. The third kappa shape index (κ3) is 3.87. The van der Waals surface area contributed by atoms with Crippen molar-refractivity contribution in [2.75, 3.05) is 32.0 Å². The SMILES string of the molecule is C/C(=N\n1c(N)nc(CN2CCOCC2)cc1=O)c1ccccc1. The lowest BCUT2D eigenvalue weighted by molar-refractivity contribution is 0.0336. The Morgan fingerprint density at radius 3 is 2.67 bits per heavy atom. The van der Waals surface area contributed by atoms with E-state index in [4.69, 9.17) is 10.5 Å². The number of anilines is 1. The number of nitrogens with zero attached hydrogens (tertiary/aromatic N) is 4. The first-order valence-electron chi connectivity index (χ1n) is 7.93. The minimum absolute atomic E-state index is 0.0982. The van der Waals surface area contributed by atoms with Crippen LogP contribution in [-0.2, 0) is 11.3 Å². The van der Waals surface area contributed by atoms with Gasteiger partial charge in [0.2, 0.25) is 5.95 Å². The molecule has 24 heavy (non-hydrogen) atoms. The topological polar surface area (TPSA) is 85.7 Å². The quantitative estimate of drug-likeness (QED) is 0.844. The fourth-order valence-electron chi connectivity index (χ4n) is 2.60. The van der Waals surface area contributed by atoms with Crippen LogP contribution in [0.2, 0.25) is 0 Å². The maximum absolute atomic E-state index is 12.4. The monoisotopic (exact) mass is 327 g/mol. The van der Waals surface area contributed by atoms with Gasteiger partial charge in [0.15, 0.2) is 0 Å². The molecule has 0 spiro atoms. The van der Waals surface area contributed by atoms with Crippen molar-refractivity contribution in [3.63, 3.8) is 0 Å². The summed E-state index contributed by atoms with van der Waals surface area (Å²) >= 11 is 0. The summed E-state index contributed by atoms with van der Waals surface area (Å²) in [6.07, 6.45) is 0. The fraction of sp³-hybridized carbons (Fsp3) is 0.353. The lowest BCUT2D eigenvalue weighted by Gasteiger charge is -2.26. The molecule has 2 N–H and O–H groups in total. The zero-order valence-corrected chi connectivity index (χ0v) is 13.7. The Morgan fingerprint density at radius 2 is 2.00 bits per heavy atom. The van der Waals surface area contributed by atoms with E-state index >= 15 is 0 Å². The summed E-state index contributed by atoms with van der Waals surface area (Å²) in [4.78, 5) is 18.9. The van der Waals surface area contributed by atoms with Crippen molar-refractivity contribution in [2.24, 2.45) is 5.10 Å². The van der Waals surface area contributed by atoms with Crippen LogP contribution >= 0.6 is 0 Å². The van der Waals surface area contributed by atoms with Gasteiger partial charge >= 0.3 is 0 Å². The molecule has 2 heterocycles. The van der Waals surface area contributed by atoms with Gasteiger partial charge in [0.05, 0.1) is 24.6 Å². The van der Waals surface area contributed by atoms with Crippen LogP contribution in [0, 0.1) is 0 Å². The van der Waals surface area contributed by atoms with E-state index in [1.54, 1.807) is 0 Å². The highest BCUT2D eigenvalue weighted by Crippen LogP contribution is 2.07. The molecule has 1 aliphatic rings. The Labute approximate surface area is 140 Å². The van der Waals surface area contributed by atoms with Crippen LogP contribution in [0.25, 0.3) is 0 Å². The van der Waals surface area contributed by atoms with Crippen LogP contribution in [0.15, 0.2) is 46.3 Å². The van der Waals surface area contributed by atoms with Gasteiger partial charge in [-0.15, -0.1) is 0 Å². The number of nitrogens with two attached hydrogens (primary N) is 1. The number of aromatic nitrogens is 2. The largest absolute Gasteiger partial charge is 0.379 e. The van der Waals surface area contributed by atoms with Gasteiger partial charge in [-0.2, -0.15) is 9.78 Å². The molecular formula is C17H21N5O2. The number of benzene rings is 1. The average Bonchev–Trinajstić information content (AvgIpc) is 2.59.